The van der Waals surface area contributed by atoms with Gasteiger partial charge in [-0.15, -0.1) is 11.3 Å². The molecule has 0 radical (unpaired) electrons. The monoisotopic (exact) mass is 233 g/mol. The molecule has 2 rings (SSSR count). The van der Waals surface area contributed by atoms with E-state index in [1.807, 2.05) is 26.0 Å². The Bertz CT molecular complexity index is 521. The first kappa shape index (κ1) is 10.8. The summed E-state index contributed by atoms with van der Waals surface area (Å²) in [7, 11) is 0. The number of hydrogen-bond donors (Lipinski definition) is 1. The minimum Gasteiger partial charge on any atom is -0.306 e. The van der Waals surface area contributed by atoms with Crippen LogP contribution in [-0.4, -0.2) is 15.9 Å². The van der Waals surface area contributed by atoms with E-state index in [-0.39, 0.29) is 5.91 Å². The molecule has 0 spiro atoms. The Morgan fingerprint density at radius 1 is 1.38 bits per heavy atom. The number of carbonyl (C=O) groups is 1. The number of amides is 1. The van der Waals surface area contributed by atoms with Crippen LogP contribution in [0.1, 0.15) is 20.9 Å². The van der Waals surface area contributed by atoms with Crippen molar-refractivity contribution in [1.29, 1.82) is 0 Å². The van der Waals surface area contributed by atoms with Crippen LogP contribution in [0.2, 0.25) is 0 Å². The first-order valence-corrected chi connectivity index (χ1v) is 5.69. The highest BCUT2D eigenvalue weighted by molar-refractivity contribution is 7.12. The van der Waals surface area contributed by atoms with Crippen molar-refractivity contribution in [3.05, 3.63) is 40.0 Å². The Labute approximate surface area is 97.4 Å². The minimum absolute atomic E-state index is 0.151. The predicted octanol–water partition coefficient (Wildman–Crippen LogP) is 2.41. The zero-order valence-corrected chi connectivity index (χ0v) is 9.84. The number of anilines is 1. The summed E-state index contributed by atoms with van der Waals surface area (Å²) in [6, 6.07) is 3.74. The van der Waals surface area contributed by atoms with Crippen molar-refractivity contribution in [2.45, 2.75) is 13.8 Å². The molecule has 1 N–H and O–H groups in total. The highest BCUT2D eigenvalue weighted by atomic mass is 32.1. The fourth-order valence-corrected chi connectivity index (χ4v) is 2.00. The largest absolute Gasteiger partial charge is 0.306 e. The second kappa shape index (κ2) is 4.40. The average Bonchev–Trinajstić information content (AvgIpc) is 2.68. The van der Waals surface area contributed by atoms with Crippen LogP contribution in [0.25, 0.3) is 0 Å². The van der Waals surface area contributed by atoms with E-state index in [2.05, 4.69) is 15.3 Å². The number of carbonyl (C=O) groups excluding carboxylic acids is 1. The Kier molecular flexibility index (Phi) is 2.96. The standard InChI is InChI=1S/C11H11N3OS/c1-7-4-3-5-12-10(7)14-11(15)9-8(2)13-6-16-9/h3-6H,1-2H3,(H,12,14,15). The molecule has 5 heteroatoms. The first-order chi connectivity index (χ1) is 7.68. The molecular weight excluding hydrogens is 222 g/mol. The lowest BCUT2D eigenvalue weighted by atomic mass is 10.3. The summed E-state index contributed by atoms with van der Waals surface area (Å²) in [6.45, 7) is 3.72. The Hall–Kier alpha value is -1.75. The molecule has 0 bridgehead atoms. The van der Waals surface area contributed by atoms with Crippen LogP contribution in [0, 0.1) is 13.8 Å². The molecule has 0 saturated carbocycles. The summed E-state index contributed by atoms with van der Waals surface area (Å²) in [4.78, 5) is 20.6. The second-order valence-electron chi connectivity index (χ2n) is 3.39. The number of aryl methyl sites for hydroxylation is 2. The van der Waals surface area contributed by atoms with Gasteiger partial charge in [-0.25, -0.2) is 9.97 Å². The molecule has 2 heterocycles. The van der Waals surface area contributed by atoms with Crippen molar-refractivity contribution < 1.29 is 4.79 Å². The maximum absolute atomic E-state index is 11.9. The van der Waals surface area contributed by atoms with E-state index in [1.54, 1.807) is 11.7 Å². The summed E-state index contributed by atoms with van der Waals surface area (Å²) < 4.78 is 0. The maximum Gasteiger partial charge on any atom is 0.268 e. The van der Waals surface area contributed by atoms with Crippen molar-refractivity contribution >= 4 is 23.1 Å². The minimum atomic E-state index is -0.151. The molecule has 0 aliphatic rings. The van der Waals surface area contributed by atoms with E-state index >= 15 is 0 Å². The van der Waals surface area contributed by atoms with E-state index in [9.17, 15) is 4.79 Å². The molecule has 2 aromatic rings. The highest BCUT2D eigenvalue weighted by Crippen LogP contribution is 2.16. The summed E-state index contributed by atoms with van der Waals surface area (Å²) >= 11 is 1.33. The molecule has 0 unspecified atom stereocenters. The zero-order valence-electron chi connectivity index (χ0n) is 9.02. The number of thiazole rings is 1. The number of hydrogen-bond acceptors (Lipinski definition) is 4. The highest BCUT2D eigenvalue weighted by Gasteiger charge is 2.12. The van der Waals surface area contributed by atoms with E-state index in [4.69, 9.17) is 0 Å². The molecule has 16 heavy (non-hydrogen) atoms. The molecule has 1 amide bonds. The fraction of sp³-hybridized carbons (Fsp3) is 0.182. The van der Waals surface area contributed by atoms with E-state index in [1.165, 1.54) is 11.3 Å². The van der Waals surface area contributed by atoms with Gasteiger partial charge in [0.2, 0.25) is 0 Å². The number of pyridine rings is 1. The smallest absolute Gasteiger partial charge is 0.268 e. The topological polar surface area (TPSA) is 54.9 Å². The molecule has 0 saturated heterocycles. The summed E-state index contributed by atoms with van der Waals surface area (Å²) in [5.74, 6) is 0.446. The van der Waals surface area contributed by atoms with Crippen molar-refractivity contribution in [1.82, 2.24) is 9.97 Å². The van der Waals surface area contributed by atoms with E-state index in [0.29, 0.717) is 10.7 Å². The molecule has 2 aromatic heterocycles. The SMILES string of the molecule is Cc1cccnc1NC(=O)c1scnc1C. The van der Waals surface area contributed by atoms with Gasteiger partial charge < -0.3 is 5.32 Å². The Balaban J connectivity index is 2.21. The van der Waals surface area contributed by atoms with E-state index < -0.39 is 0 Å². The van der Waals surface area contributed by atoms with Gasteiger partial charge in [0, 0.05) is 6.20 Å². The lowest BCUT2D eigenvalue weighted by molar-refractivity contribution is 0.102. The molecule has 0 atom stereocenters. The Morgan fingerprint density at radius 3 is 2.81 bits per heavy atom. The number of nitrogens with zero attached hydrogens (tertiary/aromatic N) is 2. The summed E-state index contributed by atoms with van der Waals surface area (Å²) in [5.41, 5.74) is 3.35. The molecule has 0 fully saturated rings. The van der Waals surface area contributed by atoms with Gasteiger partial charge in [0.15, 0.2) is 0 Å². The molecule has 0 aliphatic carbocycles. The predicted molar refractivity (Wildman–Crippen MR) is 63.8 cm³/mol. The van der Waals surface area contributed by atoms with E-state index in [0.717, 1.165) is 11.3 Å². The number of rotatable bonds is 2. The van der Waals surface area contributed by atoms with Gasteiger partial charge in [-0.05, 0) is 25.5 Å². The molecule has 82 valence electrons. The lowest BCUT2D eigenvalue weighted by Crippen LogP contribution is -2.13. The summed E-state index contributed by atoms with van der Waals surface area (Å²) in [6.07, 6.45) is 1.65. The van der Waals surface area contributed by atoms with Gasteiger partial charge in [0.1, 0.15) is 10.7 Å². The normalized spacial score (nSPS) is 10.1. The van der Waals surface area contributed by atoms with Crippen LogP contribution in [0.5, 0.6) is 0 Å². The van der Waals surface area contributed by atoms with Crippen molar-refractivity contribution in [2.75, 3.05) is 5.32 Å². The van der Waals surface area contributed by atoms with Crippen LogP contribution < -0.4 is 5.32 Å². The summed E-state index contributed by atoms with van der Waals surface area (Å²) in [5, 5.41) is 2.77. The van der Waals surface area contributed by atoms with Crippen LogP contribution >= 0.6 is 11.3 Å². The van der Waals surface area contributed by atoms with Crippen molar-refractivity contribution in [3.63, 3.8) is 0 Å². The third-order valence-electron chi connectivity index (χ3n) is 2.19. The van der Waals surface area contributed by atoms with Gasteiger partial charge in [0.05, 0.1) is 11.2 Å². The van der Waals surface area contributed by atoms with Gasteiger partial charge in [-0.3, -0.25) is 4.79 Å². The van der Waals surface area contributed by atoms with Gasteiger partial charge in [-0.2, -0.15) is 0 Å². The first-order valence-electron chi connectivity index (χ1n) is 4.81. The molecule has 4 nitrogen and oxygen atoms in total. The van der Waals surface area contributed by atoms with Crippen LogP contribution in [0.15, 0.2) is 23.8 Å². The Morgan fingerprint density at radius 2 is 2.19 bits per heavy atom. The number of nitrogens with one attached hydrogen (secondary N) is 1. The third kappa shape index (κ3) is 2.09. The van der Waals surface area contributed by atoms with Gasteiger partial charge in [0.25, 0.3) is 5.91 Å². The second-order valence-corrected chi connectivity index (χ2v) is 4.24. The third-order valence-corrected chi connectivity index (χ3v) is 3.12. The fourth-order valence-electron chi connectivity index (χ4n) is 1.30. The quantitative estimate of drug-likeness (QED) is 0.866. The van der Waals surface area contributed by atoms with Crippen LogP contribution in [-0.2, 0) is 0 Å². The van der Waals surface area contributed by atoms with Crippen LogP contribution in [0.4, 0.5) is 5.82 Å². The van der Waals surface area contributed by atoms with Gasteiger partial charge in [-0.1, -0.05) is 6.07 Å². The molecule has 0 aromatic carbocycles. The van der Waals surface area contributed by atoms with Crippen LogP contribution in [0.3, 0.4) is 0 Å². The van der Waals surface area contributed by atoms with Crippen molar-refractivity contribution in [3.8, 4) is 0 Å². The van der Waals surface area contributed by atoms with Gasteiger partial charge >= 0.3 is 0 Å². The van der Waals surface area contributed by atoms with Crippen molar-refractivity contribution in [2.24, 2.45) is 0 Å². The average molecular weight is 233 g/mol. The zero-order chi connectivity index (χ0) is 11.5. The lowest BCUT2D eigenvalue weighted by Gasteiger charge is -2.05. The molecule has 0 aliphatic heterocycles. The maximum atomic E-state index is 11.9. The number of aromatic nitrogens is 2. The molecular formula is C11H11N3OS.